The number of halogens is 1. The number of urea groups is 1. The zero-order chi connectivity index (χ0) is 16.2. The van der Waals surface area contributed by atoms with Crippen LogP contribution in [0.2, 0.25) is 0 Å². The highest BCUT2D eigenvalue weighted by Gasteiger charge is 2.19. The second-order valence-electron chi connectivity index (χ2n) is 5.82. The summed E-state index contributed by atoms with van der Waals surface area (Å²) in [5.41, 5.74) is 1.86. The number of carbonyl (C=O) groups is 1. The van der Waals surface area contributed by atoms with Crippen LogP contribution in [-0.4, -0.2) is 35.3 Å². The molecule has 0 spiro atoms. The van der Waals surface area contributed by atoms with Crippen LogP contribution in [0.1, 0.15) is 12.0 Å². The molecule has 23 heavy (non-hydrogen) atoms. The second kappa shape index (κ2) is 6.83. The van der Waals surface area contributed by atoms with Crippen LogP contribution in [-0.2, 0) is 6.42 Å². The van der Waals surface area contributed by atoms with Crippen LogP contribution >= 0.6 is 0 Å². The summed E-state index contributed by atoms with van der Waals surface area (Å²) in [6, 6.07) is 4.36. The van der Waals surface area contributed by atoms with Crippen LogP contribution in [0.3, 0.4) is 0 Å². The molecule has 4 N–H and O–H groups in total. The number of nitrogens with one attached hydrogen (secondary N) is 3. The summed E-state index contributed by atoms with van der Waals surface area (Å²) in [7, 11) is 0. The average Bonchev–Trinajstić information content (AvgIpc) is 3.14. The Morgan fingerprint density at radius 2 is 2.26 bits per heavy atom. The van der Waals surface area contributed by atoms with Gasteiger partial charge in [-0.25, -0.2) is 9.18 Å². The minimum absolute atomic E-state index is 0.0330. The van der Waals surface area contributed by atoms with E-state index in [9.17, 15) is 9.18 Å². The van der Waals surface area contributed by atoms with Crippen molar-refractivity contribution in [1.82, 2.24) is 15.6 Å². The number of H-pyrrole nitrogens is 1. The number of aliphatic hydroxyl groups is 1. The Morgan fingerprint density at radius 1 is 1.39 bits per heavy atom. The number of amides is 2. The number of aromatic nitrogens is 1. The van der Waals surface area contributed by atoms with Gasteiger partial charge in [0.1, 0.15) is 5.82 Å². The van der Waals surface area contributed by atoms with E-state index in [1.54, 1.807) is 6.07 Å². The Hall–Kier alpha value is -2.34. The Labute approximate surface area is 133 Å². The van der Waals surface area contributed by atoms with Crippen molar-refractivity contribution in [3.8, 4) is 0 Å². The molecule has 2 atom stereocenters. The Kier molecular flexibility index (Phi) is 4.62. The highest BCUT2D eigenvalue weighted by molar-refractivity contribution is 5.83. The number of aliphatic hydroxyl groups excluding tert-OH is 1. The third-order valence-electron chi connectivity index (χ3n) is 4.13. The van der Waals surface area contributed by atoms with Crippen molar-refractivity contribution in [2.75, 3.05) is 13.2 Å². The van der Waals surface area contributed by atoms with E-state index in [-0.39, 0.29) is 30.4 Å². The number of aromatic amines is 1. The van der Waals surface area contributed by atoms with Crippen molar-refractivity contribution >= 4 is 16.9 Å². The molecule has 0 fully saturated rings. The number of hydrogen-bond acceptors (Lipinski definition) is 2. The monoisotopic (exact) mass is 317 g/mol. The second-order valence-corrected chi connectivity index (χ2v) is 5.82. The largest absolute Gasteiger partial charge is 0.396 e. The first-order valence-corrected chi connectivity index (χ1v) is 7.75. The van der Waals surface area contributed by atoms with E-state index in [1.807, 2.05) is 18.3 Å². The molecule has 122 valence electrons. The molecule has 0 aliphatic heterocycles. The maximum absolute atomic E-state index is 13.3. The maximum atomic E-state index is 13.3. The Balaban J connectivity index is 1.48. The highest BCUT2D eigenvalue weighted by Crippen LogP contribution is 2.19. The van der Waals surface area contributed by atoms with Gasteiger partial charge in [0.2, 0.25) is 0 Å². The third-order valence-corrected chi connectivity index (χ3v) is 4.13. The fraction of sp³-hybridized carbons (Fsp3) is 0.353. The summed E-state index contributed by atoms with van der Waals surface area (Å²) >= 11 is 0. The zero-order valence-corrected chi connectivity index (χ0v) is 12.7. The van der Waals surface area contributed by atoms with Crippen molar-refractivity contribution in [3.05, 3.63) is 47.9 Å². The van der Waals surface area contributed by atoms with Gasteiger partial charge in [-0.3, -0.25) is 0 Å². The van der Waals surface area contributed by atoms with E-state index in [0.717, 1.165) is 22.9 Å². The van der Waals surface area contributed by atoms with E-state index in [2.05, 4.69) is 15.6 Å². The van der Waals surface area contributed by atoms with Crippen molar-refractivity contribution in [3.63, 3.8) is 0 Å². The quantitative estimate of drug-likeness (QED) is 0.637. The maximum Gasteiger partial charge on any atom is 0.315 e. The smallest absolute Gasteiger partial charge is 0.315 e. The number of carbonyl (C=O) groups excluding carboxylic acids is 1. The standard InChI is InChI=1S/C17H20FN3O2/c18-13-2-4-16-15(8-13)12(9-20-16)5-6-19-17(23)21-14-3-1-11(7-14)10-22/h1-4,8-9,11,14,20,22H,5-7,10H2,(H2,19,21,23)/t11-,14+/m0/s1. The lowest BCUT2D eigenvalue weighted by Crippen LogP contribution is -2.41. The SMILES string of the molecule is O=C(NCCc1c[nH]c2ccc(F)cc12)N[C@@H]1C=C[C@H](CO)C1. The van der Waals surface area contributed by atoms with Gasteiger partial charge >= 0.3 is 6.03 Å². The van der Waals surface area contributed by atoms with Crippen LogP contribution in [0.4, 0.5) is 9.18 Å². The molecule has 3 rings (SSSR count). The van der Waals surface area contributed by atoms with Gasteiger partial charge in [-0.1, -0.05) is 12.2 Å². The van der Waals surface area contributed by atoms with Gasteiger partial charge in [-0.2, -0.15) is 0 Å². The van der Waals surface area contributed by atoms with E-state index in [0.29, 0.717) is 13.0 Å². The molecule has 1 heterocycles. The van der Waals surface area contributed by atoms with Crippen molar-refractivity contribution in [2.24, 2.45) is 5.92 Å². The molecule has 0 radical (unpaired) electrons. The van der Waals surface area contributed by atoms with Crippen LogP contribution in [0.15, 0.2) is 36.5 Å². The first kappa shape index (κ1) is 15.6. The molecule has 1 aliphatic carbocycles. The van der Waals surface area contributed by atoms with Crippen molar-refractivity contribution in [2.45, 2.75) is 18.9 Å². The van der Waals surface area contributed by atoms with Gasteiger partial charge in [-0.05, 0) is 36.6 Å². The molecule has 5 nitrogen and oxygen atoms in total. The van der Waals surface area contributed by atoms with E-state index in [1.165, 1.54) is 12.1 Å². The number of benzene rings is 1. The lowest BCUT2D eigenvalue weighted by Gasteiger charge is -2.13. The summed E-state index contributed by atoms with van der Waals surface area (Å²) < 4.78 is 13.3. The minimum Gasteiger partial charge on any atom is -0.396 e. The van der Waals surface area contributed by atoms with E-state index in [4.69, 9.17) is 5.11 Å². The van der Waals surface area contributed by atoms with Crippen LogP contribution < -0.4 is 10.6 Å². The molecule has 2 aromatic rings. The first-order valence-electron chi connectivity index (χ1n) is 7.75. The summed E-state index contributed by atoms with van der Waals surface area (Å²) in [6.45, 7) is 0.572. The van der Waals surface area contributed by atoms with Gasteiger partial charge < -0.3 is 20.7 Å². The molecular weight excluding hydrogens is 297 g/mol. The number of hydrogen-bond donors (Lipinski definition) is 4. The Bertz CT molecular complexity index is 726. The zero-order valence-electron chi connectivity index (χ0n) is 12.7. The fourth-order valence-electron chi connectivity index (χ4n) is 2.90. The van der Waals surface area contributed by atoms with Gasteiger partial charge in [-0.15, -0.1) is 0 Å². The van der Waals surface area contributed by atoms with Gasteiger partial charge in [0, 0.05) is 42.2 Å². The molecule has 2 amide bonds. The molecule has 1 aromatic carbocycles. The third kappa shape index (κ3) is 3.71. The van der Waals surface area contributed by atoms with Crippen LogP contribution in [0.25, 0.3) is 10.9 Å². The van der Waals surface area contributed by atoms with Gasteiger partial charge in [0.15, 0.2) is 0 Å². The molecule has 0 bridgehead atoms. The highest BCUT2D eigenvalue weighted by atomic mass is 19.1. The topological polar surface area (TPSA) is 77.2 Å². The van der Waals surface area contributed by atoms with E-state index < -0.39 is 0 Å². The molecular formula is C17H20FN3O2. The molecule has 1 aliphatic rings. The number of fused-ring (bicyclic) bond motifs is 1. The predicted molar refractivity (Wildman–Crippen MR) is 86.6 cm³/mol. The lowest BCUT2D eigenvalue weighted by atomic mass is 10.1. The summed E-state index contributed by atoms with van der Waals surface area (Å²) in [4.78, 5) is 14.9. The normalized spacial score (nSPS) is 20.1. The summed E-state index contributed by atoms with van der Waals surface area (Å²) in [5.74, 6) is -0.142. The van der Waals surface area contributed by atoms with Crippen LogP contribution in [0.5, 0.6) is 0 Å². The summed E-state index contributed by atoms with van der Waals surface area (Å²) in [5, 5.41) is 15.6. The van der Waals surface area contributed by atoms with Gasteiger partial charge in [0.05, 0.1) is 0 Å². The average molecular weight is 317 g/mol. The van der Waals surface area contributed by atoms with Gasteiger partial charge in [0.25, 0.3) is 0 Å². The Morgan fingerprint density at radius 3 is 3.04 bits per heavy atom. The van der Waals surface area contributed by atoms with Crippen molar-refractivity contribution < 1.29 is 14.3 Å². The number of rotatable bonds is 5. The lowest BCUT2D eigenvalue weighted by molar-refractivity contribution is 0.231. The molecule has 0 saturated heterocycles. The first-order chi connectivity index (χ1) is 11.2. The molecule has 0 saturated carbocycles. The molecule has 1 aromatic heterocycles. The van der Waals surface area contributed by atoms with E-state index >= 15 is 0 Å². The van der Waals surface area contributed by atoms with Crippen LogP contribution in [0, 0.1) is 11.7 Å². The molecule has 0 unspecified atom stereocenters. The fourth-order valence-corrected chi connectivity index (χ4v) is 2.90. The molecule has 6 heteroatoms. The minimum atomic E-state index is -0.268. The predicted octanol–water partition coefficient (Wildman–Crippen LogP) is 2.09. The summed E-state index contributed by atoms with van der Waals surface area (Å²) in [6.07, 6.45) is 7.02. The van der Waals surface area contributed by atoms with Crippen molar-refractivity contribution in [1.29, 1.82) is 0 Å².